The standard InChI is InChI=1S/C27H22N4OS2/c1-17-12-13-18(2)30(17)31-26(32)25(34-27(31)33)14-23-19(3)29(24-11-7-6-10-22(23)24)16-21-9-5-4-8-20(21)15-28/h4-14H,16H2,1-3H3/b25-14-. The molecule has 5 nitrogen and oxygen atoms in total. The molecule has 0 N–H and O–H groups in total. The fourth-order valence-electron chi connectivity index (χ4n) is 4.52. The van der Waals surface area contributed by atoms with Crippen LogP contribution in [-0.2, 0) is 11.3 Å². The molecule has 7 heteroatoms. The van der Waals surface area contributed by atoms with Crippen LogP contribution < -0.4 is 5.01 Å². The van der Waals surface area contributed by atoms with Crippen molar-refractivity contribution in [2.24, 2.45) is 0 Å². The number of carbonyl (C=O) groups is 1. The second kappa shape index (κ2) is 8.64. The summed E-state index contributed by atoms with van der Waals surface area (Å²) < 4.78 is 4.59. The third kappa shape index (κ3) is 3.56. The highest BCUT2D eigenvalue weighted by atomic mass is 32.2. The van der Waals surface area contributed by atoms with Crippen molar-refractivity contribution in [1.29, 1.82) is 5.26 Å². The third-order valence-electron chi connectivity index (χ3n) is 6.23. The molecule has 2 aromatic heterocycles. The molecule has 1 aliphatic rings. The average molecular weight is 483 g/mol. The lowest BCUT2D eigenvalue weighted by molar-refractivity contribution is -0.114. The van der Waals surface area contributed by atoms with Crippen LogP contribution in [0.4, 0.5) is 0 Å². The predicted octanol–water partition coefficient (Wildman–Crippen LogP) is 5.83. The number of carbonyl (C=O) groups excluding carboxylic acids is 1. The van der Waals surface area contributed by atoms with Gasteiger partial charge in [-0.25, -0.2) is 0 Å². The zero-order chi connectivity index (χ0) is 24.0. The number of para-hydroxylation sites is 1. The van der Waals surface area contributed by atoms with E-state index in [-0.39, 0.29) is 5.91 Å². The van der Waals surface area contributed by atoms with E-state index in [1.54, 1.807) is 5.01 Å². The summed E-state index contributed by atoms with van der Waals surface area (Å²) in [5, 5.41) is 12.2. The summed E-state index contributed by atoms with van der Waals surface area (Å²) in [4.78, 5) is 14.0. The highest BCUT2D eigenvalue weighted by Crippen LogP contribution is 2.36. The molecule has 1 amide bonds. The van der Waals surface area contributed by atoms with Crippen LogP contribution in [0.3, 0.4) is 0 Å². The molecule has 0 radical (unpaired) electrons. The first-order chi connectivity index (χ1) is 16.4. The van der Waals surface area contributed by atoms with E-state index in [2.05, 4.69) is 29.7 Å². The molecule has 0 unspecified atom stereocenters. The van der Waals surface area contributed by atoms with Crippen molar-refractivity contribution in [2.45, 2.75) is 27.3 Å². The number of nitrogens with zero attached hydrogens (tertiary/aromatic N) is 4. The largest absolute Gasteiger partial charge is 0.340 e. The number of hydrogen-bond donors (Lipinski definition) is 0. The van der Waals surface area contributed by atoms with Crippen molar-refractivity contribution in [2.75, 3.05) is 5.01 Å². The maximum Gasteiger partial charge on any atom is 0.285 e. The van der Waals surface area contributed by atoms with E-state index in [0.29, 0.717) is 21.3 Å². The van der Waals surface area contributed by atoms with E-state index in [9.17, 15) is 10.1 Å². The summed E-state index contributed by atoms with van der Waals surface area (Å²) in [5.41, 5.74) is 6.63. The Balaban J connectivity index is 1.60. The zero-order valence-corrected chi connectivity index (χ0v) is 20.7. The minimum absolute atomic E-state index is 0.122. The number of hydrogen-bond acceptors (Lipinski definition) is 4. The fraction of sp³-hybridized carbons (Fsp3) is 0.148. The first kappa shape index (κ1) is 22.2. The van der Waals surface area contributed by atoms with Gasteiger partial charge in [0.2, 0.25) is 0 Å². The molecular weight excluding hydrogens is 460 g/mol. The van der Waals surface area contributed by atoms with Crippen LogP contribution in [-0.4, -0.2) is 19.5 Å². The maximum atomic E-state index is 13.4. The van der Waals surface area contributed by atoms with Crippen molar-refractivity contribution in [3.8, 4) is 6.07 Å². The Morgan fingerprint density at radius 1 is 1.00 bits per heavy atom. The molecule has 0 spiro atoms. The van der Waals surface area contributed by atoms with Gasteiger partial charge in [0.25, 0.3) is 5.91 Å². The van der Waals surface area contributed by atoms with E-state index in [0.717, 1.165) is 39.1 Å². The third-order valence-corrected chi connectivity index (χ3v) is 7.51. The number of thioether (sulfide) groups is 1. The number of thiocarbonyl (C=S) groups is 1. The van der Waals surface area contributed by atoms with E-state index in [1.165, 1.54) is 11.8 Å². The van der Waals surface area contributed by atoms with Gasteiger partial charge < -0.3 is 4.57 Å². The molecule has 0 atom stereocenters. The normalized spacial score (nSPS) is 15.0. The molecule has 2 aromatic carbocycles. The van der Waals surface area contributed by atoms with Crippen LogP contribution in [0, 0.1) is 32.1 Å². The number of aromatic nitrogens is 2. The van der Waals surface area contributed by atoms with Crippen molar-refractivity contribution >= 4 is 51.2 Å². The van der Waals surface area contributed by atoms with Crippen LogP contribution in [0.15, 0.2) is 65.6 Å². The summed E-state index contributed by atoms with van der Waals surface area (Å²) in [6.45, 7) is 6.56. The lowest BCUT2D eigenvalue weighted by Crippen LogP contribution is -2.39. The van der Waals surface area contributed by atoms with E-state index in [1.807, 2.05) is 73.1 Å². The molecular formula is C27H22N4OS2. The van der Waals surface area contributed by atoms with Crippen molar-refractivity contribution in [3.63, 3.8) is 0 Å². The summed E-state index contributed by atoms with van der Waals surface area (Å²) in [6.07, 6.45) is 1.96. The Morgan fingerprint density at radius 2 is 1.68 bits per heavy atom. The summed E-state index contributed by atoms with van der Waals surface area (Å²) in [6, 6.07) is 22.1. The highest BCUT2D eigenvalue weighted by Gasteiger charge is 2.35. The molecule has 5 rings (SSSR count). The minimum Gasteiger partial charge on any atom is -0.340 e. The summed E-state index contributed by atoms with van der Waals surface area (Å²) in [7, 11) is 0. The van der Waals surface area contributed by atoms with Crippen LogP contribution in [0.25, 0.3) is 17.0 Å². The molecule has 1 fully saturated rings. The molecule has 3 heterocycles. The summed E-state index contributed by atoms with van der Waals surface area (Å²) in [5.74, 6) is -0.122. The Bertz CT molecular complexity index is 1530. The quantitative estimate of drug-likeness (QED) is 0.271. The first-order valence-electron chi connectivity index (χ1n) is 10.9. The van der Waals surface area contributed by atoms with E-state index in [4.69, 9.17) is 12.2 Å². The van der Waals surface area contributed by atoms with Crippen molar-refractivity contribution < 1.29 is 4.79 Å². The number of aryl methyl sites for hydroxylation is 2. The van der Waals surface area contributed by atoms with Crippen LogP contribution in [0.5, 0.6) is 0 Å². The Labute approximate surface area is 207 Å². The topological polar surface area (TPSA) is 54.0 Å². The van der Waals surface area contributed by atoms with Crippen LogP contribution in [0.2, 0.25) is 0 Å². The van der Waals surface area contributed by atoms with Gasteiger partial charge in [-0.3, -0.25) is 9.47 Å². The smallest absolute Gasteiger partial charge is 0.285 e. The Hall–Kier alpha value is -3.60. The number of benzene rings is 2. The van der Waals surface area contributed by atoms with Gasteiger partial charge in [0.05, 0.1) is 16.5 Å². The van der Waals surface area contributed by atoms with Crippen LogP contribution >= 0.6 is 24.0 Å². The van der Waals surface area contributed by atoms with Gasteiger partial charge in [-0.05, 0) is 68.9 Å². The molecule has 4 aromatic rings. The second-order valence-corrected chi connectivity index (χ2v) is 9.97. The van der Waals surface area contributed by atoms with Gasteiger partial charge in [-0.15, -0.1) is 0 Å². The van der Waals surface area contributed by atoms with Gasteiger partial charge in [0, 0.05) is 40.1 Å². The van der Waals surface area contributed by atoms with Gasteiger partial charge >= 0.3 is 0 Å². The molecule has 0 aliphatic carbocycles. The molecule has 0 bridgehead atoms. The molecule has 1 saturated heterocycles. The zero-order valence-electron chi connectivity index (χ0n) is 19.1. The van der Waals surface area contributed by atoms with Gasteiger partial charge in [-0.1, -0.05) is 48.2 Å². The number of rotatable bonds is 4. The lowest BCUT2D eigenvalue weighted by atomic mass is 10.1. The Kier molecular flexibility index (Phi) is 5.64. The van der Waals surface area contributed by atoms with Crippen molar-refractivity contribution in [1.82, 2.24) is 9.24 Å². The van der Waals surface area contributed by atoms with Crippen molar-refractivity contribution in [3.05, 3.63) is 99.3 Å². The van der Waals surface area contributed by atoms with Crippen LogP contribution in [0.1, 0.15) is 33.8 Å². The predicted molar refractivity (Wildman–Crippen MR) is 142 cm³/mol. The first-order valence-corrected chi connectivity index (χ1v) is 12.1. The average Bonchev–Trinajstić information content (AvgIpc) is 3.40. The molecule has 1 aliphatic heterocycles. The maximum absolute atomic E-state index is 13.4. The number of nitriles is 1. The SMILES string of the molecule is Cc1ccc(C)n1N1C(=O)/C(=C/c2c(C)n(Cc3ccccc3C#N)c3ccccc23)SC1=S. The second-order valence-electron chi connectivity index (χ2n) is 8.29. The highest BCUT2D eigenvalue weighted by molar-refractivity contribution is 8.27. The van der Waals surface area contributed by atoms with Gasteiger partial charge in [0.15, 0.2) is 4.32 Å². The molecule has 168 valence electrons. The van der Waals surface area contributed by atoms with Gasteiger partial charge in [0.1, 0.15) is 0 Å². The fourth-order valence-corrected chi connectivity index (χ4v) is 5.74. The van der Waals surface area contributed by atoms with E-state index < -0.39 is 0 Å². The summed E-state index contributed by atoms with van der Waals surface area (Å²) >= 11 is 6.92. The number of fused-ring (bicyclic) bond motifs is 1. The van der Waals surface area contributed by atoms with Gasteiger partial charge in [-0.2, -0.15) is 10.3 Å². The van der Waals surface area contributed by atoms with E-state index >= 15 is 0 Å². The Morgan fingerprint density at radius 3 is 2.41 bits per heavy atom. The monoisotopic (exact) mass is 482 g/mol. The molecule has 34 heavy (non-hydrogen) atoms. The molecule has 0 saturated carbocycles. The minimum atomic E-state index is -0.122. The lowest BCUT2D eigenvalue weighted by Gasteiger charge is -2.20. The number of amides is 1.